The third kappa shape index (κ3) is 5.31. The molecule has 174 valence electrons. The Morgan fingerprint density at radius 3 is 2.59 bits per heavy atom. The first-order valence-electron chi connectivity index (χ1n) is 11.5. The monoisotopic (exact) mass is 462 g/mol. The molecule has 1 N–H and O–H groups in total. The second-order valence-corrected chi connectivity index (χ2v) is 9.40. The van der Waals surface area contributed by atoms with Gasteiger partial charge in [0.05, 0.1) is 29.5 Å². The molecule has 1 atom stereocenters. The van der Waals surface area contributed by atoms with Crippen LogP contribution in [-0.2, 0) is 9.53 Å². The van der Waals surface area contributed by atoms with Crippen molar-refractivity contribution >= 4 is 40.6 Å². The molecule has 0 spiro atoms. The first-order valence-corrected chi connectivity index (χ1v) is 11.9. The molecular weight excluding hydrogens is 431 g/mol. The molecule has 3 fully saturated rings. The number of nitrogens with one attached hydrogen (secondary N) is 1. The highest BCUT2D eigenvalue weighted by molar-refractivity contribution is 7.80. The zero-order chi connectivity index (χ0) is 22.7. The average molecular weight is 463 g/mol. The van der Waals surface area contributed by atoms with Crippen LogP contribution < -0.4 is 15.1 Å². The van der Waals surface area contributed by atoms with Gasteiger partial charge in [0.15, 0.2) is 0 Å². The Morgan fingerprint density at radius 2 is 1.94 bits per heavy atom. The molecule has 2 saturated heterocycles. The Balaban J connectivity index is 1.30. The molecule has 2 amide bonds. The summed E-state index contributed by atoms with van der Waals surface area (Å²) in [5.41, 5.74) is 0.967. The maximum absolute atomic E-state index is 14.9. The first kappa shape index (κ1) is 22.8. The van der Waals surface area contributed by atoms with Gasteiger partial charge >= 0.3 is 6.09 Å². The number of anilines is 2. The lowest BCUT2D eigenvalue weighted by atomic mass is 10.0. The number of rotatable bonds is 6. The number of cyclic esters (lactones) is 1. The van der Waals surface area contributed by atoms with E-state index in [9.17, 15) is 14.0 Å². The number of thiocarbonyl (C=S) groups is 1. The van der Waals surface area contributed by atoms with Crippen molar-refractivity contribution in [2.75, 3.05) is 49.1 Å². The molecule has 4 rings (SSSR count). The number of carbonyl (C=O) groups is 2. The maximum Gasteiger partial charge on any atom is 0.414 e. The summed E-state index contributed by atoms with van der Waals surface area (Å²) in [6.45, 7) is 4.68. The van der Waals surface area contributed by atoms with Crippen molar-refractivity contribution < 1.29 is 18.7 Å². The second-order valence-electron chi connectivity index (χ2n) is 8.90. The molecular formula is C23H31FN4O3S. The van der Waals surface area contributed by atoms with E-state index in [4.69, 9.17) is 17.0 Å². The number of ether oxygens (including phenoxy) is 1. The third-order valence-corrected chi connectivity index (χ3v) is 6.97. The highest BCUT2D eigenvalue weighted by atomic mass is 32.1. The normalized spacial score (nSPS) is 21.8. The molecule has 2 heterocycles. The van der Waals surface area contributed by atoms with Gasteiger partial charge in [0.25, 0.3) is 0 Å². The number of hydrogen-bond acceptors (Lipinski definition) is 5. The van der Waals surface area contributed by atoms with Gasteiger partial charge in [0, 0.05) is 39.5 Å². The molecule has 1 saturated carbocycles. The smallest absolute Gasteiger partial charge is 0.414 e. The average Bonchev–Trinajstić information content (AvgIpc) is 3.41. The molecule has 3 aliphatic rings. The Labute approximate surface area is 193 Å². The van der Waals surface area contributed by atoms with Gasteiger partial charge in [-0.2, -0.15) is 0 Å². The fourth-order valence-corrected chi connectivity index (χ4v) is 5.12. The minimum absolute atomic E-state index is 0.0383. The molecule has 1 aromatic carbocycles. The van der Waals surface area contributed by atoms with Crippen molar-refractivity contribution in [1.82, 2.24) is 10.2 Å². The van der Waals surface area contributed by atoms with Crippen molar-refractivity contribution in [1.29, 1.82) is 0 Å². The van der Waals surface area contributed by atoms with Crippen molar-refractivity contribution in [3.63, 3.8) is 0 Å². The zero-order valence-corrected chi connectivity index (χ0v) is 19.3. The summed E-state index contributed by atoms with van der Waals surface area (Å²) >= 11 is 5.45. The molecule has 0 radical (unpaired) electrons. The SMILES string of the molecule is CC(=O)N1CCN(c2ccc(N3CC(CNC(=S)CC4CCCC4)OC3=O)cc2F)CC1. The number of hydrogen-bond donors (Lipinski definition) is 1. The molecule has 9 heteroatoms. The number of piperazine rings is 1. The summed E-state index contributed by atoms with van der Waals surface area (Å²) in [4.78, 5) is 29.9. The van der Waals surface area contributed by atoms with Crippen molar-refractivity contribution in [2.24, 2.45) is 5.92 Å². The van der Waals surface area contributed by atoms with E-state index in [-0.39, 0.29) is 17.8 Å². The second kappa shape index (κ2) is 10.0. The largest absolute Gasteiger partial charge is 0.442 e. The molecule has 1 aromatic rings. The van der Waals surface area contributed by atoms with E-state index < -0.39 is 6.09 Å². The summed E-state index contributed by atoms with van der Waals surface area (Å²) in [5, 5.41) is 3.24. The van der Waals surface area contributed by atoms with E-state index >= 15 is 0 Å². The molecule has 1 unspecified atom stereocenters. The van der Waals surface area contributed by atoms with Crippen LogP contribution >= 0.6 is 12.2 Å². The number of carbonyl (C=O) groups excluding carboxylic acids is 2. The van der Waals surface area contributed by atoms with E-state index in [0.29, 0.717) is 56.6 Å². The predicted octanol–water partition coefficient (Wildman–Crippen LogP) is 3.32. The Hall–Kier alpha value is -2.42. The fraction of sp³-hybridized carbons (Fsp3) is 0.609. The van der Waals surface area contributed by atoms with Gasteiger partial charge in [-0.15, -0.1) is 0 Å². The van der Waals surface area contributed by atoms with Gasteiger partial charge in [-0.1, -0.05) is 37.9 Å². The Morgan fingerprint density at radius 1 is 1.22 bits per heavy atom. The molecule has 0 bridgehead atoms. The topological polar surface area (TPSA) is 65.1 Å². The Bertz CT molecular complexity index is 869. The molecule has 1 aliphatic carbocycles. The lowest BCUT2D eigenvalue weighted by Gasteiger charge is -2.35. The van der Waals surface area contributed by atoms with Gasteiger partial charge < -0.3 is 19.9 Å². The van der Waals surface area contributed by atoms with Crippen molar-refractivity contribution in [3.05, 3.63) is 24.0 Å². The van der Waals surface area contributed by atoms with E-state index in [1.807, 2.05) is 4.90 Å². The van der Waals surface area contributed by atoms with Gasteiger partial charge in [-0.3, -0.25) is 9.69 Å². The lowest BCUT2D eigenvalue weighted by molar-refractivity contribution is -0.129. The minimum Gasteiger partial charge on any atom is -0.442 e. The molecule has 2 aliphatic heterocycles. The highest BCUT2D eigenvalue weighted by Crippen LogP contribution is 2.29. The molecule has 32 heavy (non-hydrogen) atoms. The van der Waals surface area contributed by atoms with Gasteiger partial charge in [0.1, 0.15) is 11.9 Å². The number of benzene rings is 1. The number of halogens is 1. The first-order chi connectivity index (χ1) is 15.4. The van der Waals surface area contributed by atoms with Gasteiger partial charge in [-0.05, 0) is 24.1 Å². The summed E-state index contributed by atoms with van der Waals surface area (Å²) in [5.74, 6) is 0.326. The van der Waals surface area contributed by atoms with E-state index in [2.05, 4.69) is 5.32 Å². The molecule has 7 nitrogen and oxygen atoms in total. The number of nitrogens with zero attached hydrogens (tertiary/aromatic N) is 3. The lowest BCUT2D eigenvalue weighted by Crippen LogP contribution is -2.48. The van der Waals surface area contributed by atoms with E-state index in [1.165, 1.54) is 36.6 Å². The van der Waals surface area contributed by atoms with E-state index in [0.717, 1.165) is 11.4 Å². The minimum atomic E-state index is -0.472. The fourth-order valence-electron chi connectivity index (χ4n) is 4.80. The van der Waals surface area contributed by atoms with Crippen LogP contribution in [0.5, 0.6) is 0 Å². The predicted molar refractivity (Wildman–Crippen MR) is 126 cm³/mol. The van der Waals surface area contributed by atoms with Crippen LogP contribution in [0.1, 0.15) is 39.0 Å². The van der Waals surface area contributed by atoms with Crippen molar-refractivity contribution in [3.8, 4) is 0 Å². The zero-order valence-electron chi connectivity index (χ0n) is 18.5. The highest BCUT2D eigenvalue weighted by Gasteiger charge is 2.33. The van der Waals surface area contributed by atoms with Crippen LogP contribution in [0.15, 0.2) is 18.2 Å². The van der Waals surface area contributed by atoms with Gasteiger partial charge in [-0.25, -0.2) is 9.18 Å². The summed E-state index contributed by atoms with van der Waals surface area (Å²) in [6, 6.07) is 4.83. The number of amides is 2. The van der Waals surface area contributed by atoms with Crippen LogP contribution in [-0.4, -0.2) is 67.3 Å². The van der Waals surface area contributed by atoms with Crippen LogP contribution in [0.3, 0.4) is 0 Å². The Kier molecular flexibility index (Phi) is 7.13. The maximum atomic E-state index is 14.9. The third-order valence-electron chi connectivity index (χ3n) is 6.66. The van der Waals surface area contributed by atoms with Crippen LogP contribution in [0.2, 0.25) is 0 Å². The molecule has 0 aromatic heterocycles. The van der Waals surface area contributed by atoms with Crippen LogP contribution in [0, 0.1) is 11.7 Å². The van der Waals surface area contributed by atoms with E-state index in [1.54, 1.807) is 24.0 Å². The van der Waals surface area contributed by atoms with Crippen LogP contribution in [0.4, 0.5) is 20.6 Å². The van der Waals surface area contributed by atoms with Gasteiger partial charge in [0.2, 0.25) is 5.91 Å². The van der Waals surface area contributed by atoms with Crippen LogP contribution in [0.25, 0.3) is 0 Å². The quantitative estimate of drug-likeness (QED) is 0.655. The summed E-state index contributed by atoms with van der Waals surface area (Å²) < 4.78 is 20.3. The summed E-state index contributed by atoms with van der Waals surface area (Å²) in [7, 11) is 0. The summed E-state index contributed by atoms with van der Waals surface area (Å²) in [6.07, 6.45) is 5.14. The van der Waals surface area contributed by atoms with Crippen molar-refractivity contribution in [2.45, 2.75) is 45.1 Å². The standard InChI is InChI=1S/C23H31FN4O3S/c1-16(29)26-8-10-27(11-9-26)21-7-6-18(13-20(21)24)28-15-19(31-23(28)30)14-25-22(32)12-17-4-2-3-5-17/h6-7,13,17,19H,2-5,8-12,14-15H2,1H3,(H,25,32).